The Morgan fingerprint density at radius 1 is 1.25 bits per heavy atom. The number of nitrogens with one attached hydrogen (secondary N) is 1. The normalized spacial score (nSPS) is 10.4. The minimum absolute atomic E-state index is 0.262. The van der Waals surface area contributed by atoms with E-state index in [1.54, 1.807) is 23.0 Å². The number of anilines is 1. The predicted molar refractivity (Wildman–Crippen MR) is 73.1 cm³/mol. The molecule has 0 fully saturated rings. The van der Waals surface area contributed by atoms with Crippen LogP contribution >= 0.6 is 0 Å². The van der Waals surface area contributed by atoms with Crippen LogP contribution in [0.25, 0.3) is 11.4 Å². The molecule has 1 N–H and O–H groups in total. The smallest absolute Gasteiger partial charge is 0.291 e. The largest absolute Gasteiger partial charge is 0.459 e. The van der Waals surface area contributed by atoms with Gasteiger partial charge in [-0.05, 0) is 24.3 Å². The Kier molecular flexibility index (Phi) is 3.04. The average molecular weight is 268 g/mol. The number of rotatable bonds is 3. The summed E-state index contributed by atoms with van der Waals surface area (Å²) in [6.45, 7) is 0. The van der Waals surface area contributed by atoms with Gasteiger partial charge in [0.15, 0.2) is 11.6 Å². The number of hydrogen-bond donors (Lipinski definition) is 1. The molecule has 0 bridgehead atoms. The van der Waals surface area contributed by atoms with Crippen molar-refractivity contribution in [1.29, 1.82) is 0 Å². The maximum Gasteiger partial charge on any atom is 0.291 e. The van der Waals surface area contributed by atoms with E-state index in [1.165, 1.54) is 6.26 Å². The fourth-order valence-electron chi connectivity index (χ4n) is 1.91. The van der Waals surface area contributed by atoms with E-state index in [0.717, 1.165) is 5.56 Å². The topological polar surface area (TPSA) is 73.0 Å². The number of carbonyl (C=O) groups excluding carboxylic acids is 1. The van der Waals surface area contributed by atoms with Gasteiger partial charge in [-0.15, -0.1) is 10.2 Å². The molecule has 0 aliphatic heterocycles. The number of aromatic nitrogens is 3. The van der Waals surface area contributed by atoms with Gasteiger partial charge in [-0.1, -0.05) is 12.1 Å². The molecule has 0 aliphatic rings. The Labute approximate surface area is 115 Å². The van der Waals surface area contributed by atoms with Gasteiger partial charge in [-0.2, -0.15) is 0 Å². The minimum Gasteiger partial charge on any atom is -0.459 e. The third-order valence-corrected chi connectivity index (χ3v) is 2.87. The van der Waals surface area contributed by atoms with E-state index >= 15 is 0 Å². The number of aryl methyl sites for hydroxylation is 1. The van der Waals surface area contributed by atoms with Gasteiger partial charge in [0.25, 0.3) is 5.91 Å². The second-order valence-corrected chi connectivity index (χ2v) is 4.24. The Morgan fingerprint density at radius 3 is 2.80 bits per heavy atom. The van der Waals surface area contributed by atoms with Crippen molar-refractivity contribution in [2.45, 2.75) is 0 Å². The quantitative estimate of drug-likeness (QED) is 0.791. The number of para-hydroxylation sites is 1. The molecule has 6 heteroatoms. The summed E-state index contributed by atoms with van der Waals surface area (Å²) in [5, 5.41) is 10.7. The van der Waals surface area contributed by atoms with Crippen molar-refractivity contribution in [3.8, 4) is 11.4 Å². The first-order chi connectivity index (χ1) is 9.75. The molecule has 6 nitrogen and oxygen atoms in total. The van der Waals surface area contributed by atoms with Crippen molar-refractivity contribution < 1.29 is 9.21 Å². The van der Waals surface area contributed by atoms with E-state index in [0.29, 0.717) is 11.5 Å². The first-order valence-corrected chi connectivity index (χ1v) is 6.04. The fourth-order valence-corrected chi connectivity index (χ4v) is 1.91. The maximum absolute atomic E-state index is 12.0. The Bertz CT molecular complexity index is 731. The summed E-state index contributed by atoms with van der Waals surface area (Å²) in [5.41, 5.74) is 1.46. The van der Waals surface area contributed by atoms with Crippen molar-refractivity contribution in [1.82, 2.24) is 14.8 Å². The molecule has 0 unspecified atom stereocenters. The summed E-state index contributed by atoms with van der Waals surface area (Å²) in [6.07, 6.45) is 3.07. The van der Waals surface area contributed by atoms with Gasteiger partial charge in [0.2, 0.25) is 0 Å². The summed E-state index contributed by atoms with van der Waals surface area (Å²) < 4.78 is 6.87. The van der Waals surface area contributed by atoms with Gasteiger partial charge < -0.3 is 14.3 Å². The second-order valence-electron chi connectivity index (χ2n) is 4.24. The molecular weight excluding hydrogens is 256 g/mol. The second kappa shape index (κ2) is 5.00. The molecule has 2 aromatic heterocycles. The zero-order chi connectivity index (χ0) is 13.9. The van der Waals surface area contributed by atoms with Crippen LogP contribution in [0.3, 0.4) is 0 Å². The lowest BCUT2D eigenvalue weighted by molar-refractivity contribution is 0.0996. The third kappa shape index (κ3) is 2.18. The molecule has 0 spiro atoms. The van der Waals surface area contributed by atoms with Crippen LogP contribution in [-0.2, 0) is 7.05 Å². The molecule has 0 saturated heterocycles. The predicted octanol–water partition coefficient (Wildman–Crippen LogP) is 2.33. The molecule has 100 valence electrons. The summed E-state index contributed by atoms with van der Waals surface area (Å²) >= 11 is 0. The van der Waals surface area contributed by atoms with Crippen LogP contribution in [0.2, 0.25) is 0 Å². The average Bonchev–Trinajstić information content (AvgIpc) is 3.10. The first-order valence-electron chi connectivity index (χ1n) is 6.04. The van der Waals surface area contributed by atoms with E-state index in [-0.39, 0.29) is 11.7 Å². The summed E-state index contributed by atoms with van der Waals surface area (Å²) in [4.78, 5) is 12.0. The Morgan fingerprint density at radius 2 is 2.10 bits per heavy atom. The van der Waals surface area contributed by atoms with Crippen LogP contribution in [0.5, 0.6) is 0 Å². The summed E-state index contributed by atoms with van der Waals surface area (Å²) in [6, 6.07) is 10.7. The van der Waals surface area contributed by atoms with E-state index < -0.39 is 0 Å². The van der Waals surface area contributed by atoms with Crippen LogP contribution in [0.1, 0.15) is 10.6 Å². The molecule has 20 heavy (non-hydrogen) atoms. The molecule has 0 radical (unpaired) electrons. The molecule has 3 rings (SSSR count). The van der Waals surface area contributed by atoms with Crippen LogP contribution in [0.4, 0.5) is 5.69 Å². The van der Waals surface area contributed by atoms with E-state index in [2.05, 4.69) is 15.5 Å². The van der Waals surface area contributed by atoms with Gasteiger partial charge in [-0.25, -0.2) is 0 Å². The summed E-state index contributed by atoms with van der Waals surface area (Å²) in [5.74, 6) is 0.641. The highest BCUT2D eigenvalue weighted by molar-refractivity contribution is 6.04. The standard InChI is InChI=1S/C14H12N4O2/c1-18-9-15-17-13(18)10-5-2-3-6-11(10)16-14(19)12-7-4-8-20-12/h2-9H,1H3,(H,16,19). The van der Waals surface area contributed by atoms with Crippen molar-refractivity contribution >= 4 is 11.6 Å². The van der Waals surface area contributed by atoms with Gasteiger partial charge in [-0.3, -0.25) is 4.79 Å². The number of hydrogen-bond acceptors (Lipinski definition) is 4. The highest BCUT2D eigenvalue weighted by Crippen LogP contribution is 2.25. The van der Waals surface area contributed by atoms with E-state index in [1.807, 2.05) is 31.3 Å². The molecule has 0 aliphatic carbocycles. The maximum atomic E-state index is 12.0. The van der Waals surface area contributed by atoms with Gasteiger partial charge in [0.05, 0.1) is 12.0 Å². The zero-order valence-corrected chi connectivity index (χ0v) is 10.8. The van der Waals surface area contributed by atoms with Crippen LogP contribution in [0, 0.1) is 0 Å². The molecule has 3 aromatic rings. The summed E-state index contributed by atoms with van der Waals surface area (Å²) in [7, 11) is 1.85. The monoisotopic (exact) mass is 268 g/mol. The van der Waals surface area contributed by atoms with Crippen molar-refractivity contribution in [2.75, 3.05) is 5.32 Å². The first kappa shape index (κ1) is 12.2. The molecule has 0 atom stereocenters. The number of amides is 1. The molecular formula is C14H12N4O2. The number of benzene rings is 1. The number of carbonyl (C=O) groups is 1. The van der Waals surface area contributed by atoms with Crippen LogP contribution in [0.15, 0.2) is 53.4 Å². The molecule has 1 aromatic carbocycles. The van der Waals surface area contributed by atoms with Crippen molar-refractivity contribution in [3.05, 3.63) is 54.7 Å². The van der Waals surface area contributed by atoms with Crippen LogP contribution in [-0.4, -0.2) is 20.7 Å². The Balaban J connectivity index is 1.95. The van der Waals surface area contributed by atoms with Crippen LogP contribution < -0.4 is 5.32 Å². The lowest BCUT2D eigenvalue weighted by Gasteiger charge is -2.09. The van der Waals surface area contributed by atoms with Gasteiger partial charge in [0.1, 0.15) is 6.33 Å². The third-order valence-electron chi connectivity index (χ3n) is 2.87. The van der Waals surface area contributed by atoms with E-state index in [9.17, 15) is 4.79 Å². The van der Waals surface area contributed by atoms with Crippen molar-refractivity contribution in [2.24, 2.45) is 7.05 Å². The highest BCUT2D eigenvalue weighted by atomic mass is 16.3. The molecule has 0 saturated carbocycles. The molecule has 1 amide bonds. The highest BCUT2D eigenvalue weighted by Gasteiger charge is 2.14. The SMILES string of the molecule is Cn1cnnc1-c1ccccc1NC(=O)c1ccco1. The number of nitrogens with zero attached hydrogens (tertiary/aromatic N) is 3. The van der Waals surface area contributed by atoms with Crippen molar-refractivity contribution in [3.63, 3.8) is 0 Å². The lowest BCUT2D eigenvalue weighted by Crippen LogP contribution is -2.12. The lowest BCUT2D eigenvalue weighted by atomic mass is 10.1. The van der Waals surface area contributed by atoms with Gasteiger partial charge in [0, 0.05) is 12.6 Å². The zero-order valence-electron chi connectivity index (χ0n) is 10.8. The molecule has 2 heterocycles. The Hall–Kier alpha value is -2.89. The van der Waals surface area contributed by atoms with Gasteiger partial charge >= 0.3 is 0 Å². The number of furan rings is 1. The fraction of sp³-hybridized carbons (Fsp3) is 0.0714. The van der Waals surface area contributed by atoms with E-state index in [4.69, 9.17) is 4.42 Å². The minimum atomic E-state index is -0.301.